The smallest absolute Gasteiger partial charge is 0.412 e. The van der Waals surface area contributed by atoms with Gasteiger partial charge >= 0.3 is 18.1 Å². The largest absolute Gasteiger partial charge is 0.504 e. The number of nitrogens with one attached hydrogen (secondary N) is 1. The van der Waals surface area contributed by atoms with Gasteiger partial charge in [-0.2, -0.15) is 14.9 Å². The van der Waals surface area contributed by atoms with Crippen LogP contribution in [-0.2, 0) is 12.7 Å². The summed E-state index contributed by atoms with van der Waals surface area (Å²) in [6, 6.07) is 3.31. The number of aromatic amines is 1. The Hall–Kier alpha value is -4.63. The minimum atomic E-state index is -4.74. The monoisotopic (exact) mass is 519 g/mol. The summed E-state index contributed by atoms with van der Waals surface area (Å²) in [4.78, 5) is 22.1. The van der Waals surface area contributed by atoms with Crippen molar-refractivity contribution < 1.29 is 31.2 Å². The number of imidazole rings is 1. The van der Waals surface area contributed by atoms with E-state index in [1.807, 2.05) is 0 Å². The third-order valence-electron chi connectivity index (χ3n) is 5.95. The molecule has 0 saturated heterocycles. The number of amides is 1. The van der Waals surface area contributed by atoms with Crippen LogP contribution < -0.4 is 0 Å². The molecule has 1 atom stereocenters. The molecule has 5 aromatic heterocycles. The van der Waals surface area contributed by atoms with Gasteiger partial charge in [0.15, 0.2) is 0 Å². The van der Waals surface area contributed by atoms with Crippen molar-refractivity contribution in [2.75, 3.05) is 6.54 Å². The Balaban J connectivity index is 1.37. The first-order valence-corrected chi connectivity index (χ1v) is 10.8. The van der Waals surface area contributed by atoms with Crippen molar-refractivity contribution in [3.8, 4) is 11.5 Å². The molecule has 0 aromatic carbocycles. The molecule has 1 amide bonds. The third kappa shape index (κ3) is 3.80. The predicted octanol–water partition coefficient (Wildman–Crippen LogP) is 3.51. The number of alkyl halides is 5. The van der Waals surface area contributed by atoms with Crippen molar-refractivity contribution in [1.82, 2.24) is 44.5 Å². The normalized spacial score (nSPS) is 16.1. The fourth-order valence-electron chi connectivity index (χ4n) is 4.29. The number of fused-ring (bicyclic) bond motifs is 2. The first-order valence-electron chi connectivity index (χ1n) is 10.8. The van der Waals surface area contributed by atoms with Gasteiger partial charge in [0.25, 0.3) is 12.3 Å². The zero-order valence-corrected chi connectivity index (χ0v) is 18.4. The summed E-state index contributed by atoms with van der Waals surface area (Å²) in [5, 5.41) is 15.0. The molecule has 0 unspecified atom stereocenters. The number of halogens is 5. The second kappa shape index (κ2) is 8.21. The molecule has 1 aliphatic heterocycles. The molecule has 1 aliphatic rings. The van der Waals surface area contributed by atoms with Crippen molar-refractivity contribution in [3.63, 3.8) is 0 Å². The van der Waals surface area contributed by atoms with Gasteiger partial charge in [-0.1, -0.05) is 0 Å². The summed E-state index contributed by atoms with van der Waals surface area (Å²) in [6.07, 6.45) is -2.59. The van der Waals surface area contributed by atoms with Crippen LogP contribution in [0.25, 0.3) is 17.0 Å². The minimum Gasteiger partial charge on any atom is -0.412 e. The molecular weight excluding hydrogens is 505 g/mol. The summed E-state index contributed by atoms with van der Waals surface area (Å²) in [5.41, 5.74) is 1.30. The second-order valence-electron chi connectivity index (χ2n) is 8.13. The molecule has 5 aromatic rings. The quantitative estimate of drug-likeness (QED) is 0.361. The number of hydrogen-bond acceptors (Lipinski definition) is 7. The molecule has 1 N–H and O–H groups in total. The maximum Gasteiger partial charge on any atom is 0.504 e. The van der Waals surface area contributed by atoms with E-state index in [1.54, 1.807) is 0 Å². The molecule has 0 radical (unpaired) electrons. The highest BCUT2D eigenvalue weighted by Crippen LogP contribution is 2.36. The highest BCUT2D eigenvalue weighted by atomic mass is 19.4. The molecule has 11 nitrogen and oxygen atoms in total. The number of carbonyl (C=O) groups is 1. The number of carbonyl (C=O) groups excluding carboxylic acids is 1. The van der Waals surface area contributed by atoms with Crippen LogP contribution in [0.2, 0.25) is 0 Å². The lowest BCUT2D eigenvalue weighted by Crippen LogP contribution is -2.41. The number of pyridine rings is 1. The summed E-state index contributed by atoms with van der Waals surface area (Å²) in [7, 11) is 0. The van der Waals surface area contributed by atoms with Crippen LogP contribution in [0.5, 0.6) is 0 Å². The Labute approximate surface area is 202 Å². The molecule has 37 heavy (non-hydrogen) atoms. The number of nitrogens with zero attached hydrogens (tertiary/aromatic N) is 8. The van der Waals surface area contributed by atoms with Crippen molar-refractivity contribution in [3.05, 3.63) is 71.7 Å². The standard InChI is InChI=1S/C21H14F5N9O2/c22-17(23)11-2-1-4-34-14(11)6-13(32-34)16-15-12(27-9-28-15)3-5-33(16)20(36)19-31-30-18(37-19)10-7-29-35(8-10)21(24,25)26/h1-2,4,6-9,16-17H,3,5H2,(H,27,28)/t16-/m1/s1. The topological polar surface area (TPSA) is 123 Å². The number of aromatic nitrogens is 8. The van der Waals surface area contributed by atoms with Gasteiger partial charge < -0.3 is 14.3 Å². The van der Waals surface area contributed by atoms with Gasteiger partial charge in [-0.15, -0.1) is 23.4 Å². The highest BCUT2D eigenvalue weighted by Gasteiger charge is 2.39. The summed E-state index contributed by atoms with van der Waals surface area (Å²) in [5.74, 6) is -1.54. The summed E-state index contributed by atoms with van der Waals surface area (Å²) in [6.45, 7) is 0.165. The summed E-state index contributed by atoms with van der Waals surface area (Å²) >= 11 is 0. The van der Waals surface area contributed by atoms with Crippen LogP contribution in [0, 0.1) is 0 Å². The Kier molecular flexibility index (Phi) is 5.06. The maximum atomic E-state index is 13.6. The van der Waals surface area contributed by atoms with Gasteiger partial charge in [0, 0.05) is 36.6 Å². The second-order valence-corrected chi connectivity index (χ2v) is 8.13. The Bertz CT molecular complexity index is 1620. The van der Waals surface area contributed by atoms with Gasteiger partial charge in [-0.3, -0.25) is 4.79 Å². The van der Waals surface area contributed by atoms with Crippen LogP contribution in [0.1, 0.15) is 45.8 Å². The molecule has 0 spiro atoms. The fourth-order valence-corrected chi connectivity index (χ4v) is 4.29. The van der Waals surface area contributed by atoms with Crippen LogP contribution in [0.4, 0.5) is 22.0 Å². The van der Waals surface area contributed by atoms with E-state index in [0.29, 0.717) is 18.3 Å². The number of rotatable bonds is 4. The highest BCUT2D eigenvalue weighted by molar-refractivity contribution is 5.90. The molecule has 0 saturated carbocycles. The zero-order chi connectivity index (χ0) is 25.9. The number of H-pyrrole nitrogens is 1. The van der Waals surface area contributed by atoms with E-state index < -0.39 is 30.6 Å². The van der Waals surface area contributed by atoms with Gasteiger partial charge in [0.2, 0.25) is 0 Å². The molecule has 6 heterocycles. The first kappa shape index (κ1) is 22.8. The van der Waals surface area contributed by atoms with Gasteiger partial charge in [0.1, 0.15) is 6.04 Å². The Morgan fingerprint density at radius 2 is 2.08 bits per heavy atom. The molecule has 16 heteroatoms. The Morgan fingerprint density at radius 3 is 2.84 bits per heavy atom. The average molecular weight is 519 g/mol. The molecule has 0 bridgehead atoms. The van der Waals surface area contributed by atoms with Gasteiger partial charge in [0.05, 0.1) is 35.0 Å². The van der Waals surface area contributed by atoms with Crippen molar-refractivity contribution in [2.45, 2.75) is 25.2 Å². The lowest BCUT2D eigenvalue weighted by molar-refractivity contribution is -0.212. The van der Waals surface area contributed by atoms with Crippen molar-refractivity contribution in [1.29, 1.82) is 0 Å². The molecular formula is C21H14F5N9O2. The lowest BCUT2D eigenvalue weighted by atomic mass is 9.99. The van der Waals surface area contributed by atoms with Gasteiger partial charge in [-0.05, 0) is 18.2 Å². The van der Waals surface area contributed by atoms with Crippen LogP contribution in [0.15, 0.2) is 47.5 Å². The van der Waals surface area contributed by atoms with E-state index in [1.165, 1.54) is 40.1 Å². The van der Waals surface area contributed by atoms with E-state index in [9.17, 15) is 26.7 Å². The fraction of sp³-hybridized carbons (Fsp3) is 0.238. The van der Waals surface area contributed by atoms with E-state index >= 15 is 0 Å². The van der Waals surface area contributed by atoms with Gasteiger partial charge in [-0.25, -0.2) is 18.3 Å². The number of hydrogen-bond donors (Lipinski definition) is 1. The lowest BCUT2D eigenvalue weighted by Gasteiger charge is -2.32. The SMILES string of the molecule is O=C(c1nnc(-c2cnn(C(F)(F)F)c2)o1)N1CCc2[nH]cnc2[C@H]1c1cc2c(C(F)F)cccn2n1. The predicted molar refractivity (Wildman–Crippen MR) is 112 cm³/mol. The van der Waals surface area contributed by atoms with E-state index in [0.717, 1.165) is 11.9 Å². The van der Waals surface area contributed by atoms with E-state index in [2.05, 4.69) is 30.4 Å². The van der Waals surface area contributed by atoms with Crippen molar-refractivity contribution >= 4 is 11.4 Å². The van der Waals surface area contributed by atoms with E-state index in [4.69, 9.17) is 4.42 Å². The van der Waals surface area contributed by atoms with Crippen LogP contribution in [-0.4, -0.2) is 56.9 Å². The molecule has 6 rings (SSSR count). The molecule has 0 aliphatic carbocycles. The average Bonchev–Trinajstić information content (AvgIpc) is 3.66. The van der Waals surface area contributed by atoms with Crippen LogP contribution in [0.3, 0.4) is 0 Å². The third-order valence-corrected chi connectivity index (χ3v) is 5.95. The molecule has 0 fully saturated rings. The Morgan fingerprint density at radius 1 is 1.24 bits per heavy atom. The van der Waals surface area contributed by atoms with Crippen LogP contribution >= 0.6 is 0 Å². The van der Waals surface area contributed by atoms with Crippen molar-refractivity contribution in [2.24, 2.45) is 0 Å². The first-order chi connectivity index (χ1) is 17.7. The maximum absolute atomic E-state index is 13.6. The van der Waals surface area contributed by atoms with E-state index in [-0.39, 0.29) is 39.5 Å². The summed E-state index contributed by atoms with van der Waals surface area (Å²) < 4.78 is 72.1. The minimum absolute atomic E-state index is 0.131. The molecule has 190 valence electrons. The zero-order valence-electron chi connectivity index (χ0n) is 18.4.